The Morgan fingerprint density at radius 1 is 0.868 bits per heavy atom. The summed E-state index contributed by atoms with van der Waals surface area (Å²) >= 11 is 7.03. The van der Waals surface area contributed by atoms with Crippen LogP contribution >= 0.6 is 11.6 Å². The van der Waals surface area contributed by atoms with E-state index in [2.05, 4.69) is 15.4 Å². The third-order valence-corrected chi connectivity index (χ3v) is 6.88. The van der Waals surface area contributed by atoms with Crippen molar-refractivity contribution in [3.63, 3.8) is 0 Å². The van der Waals surface area contributed by atoms with E-state index in [0.717, 1.165) is 44.4 Å². The number of hydrogen-bond donors (Lipinski definition) is 1. The summed E-state index contributed by atoms with van der Waals surface area (Å²) in [6.45, 7) is 2.56. The highest BCUT2D eigenvalue weighted by molar-refractivity contribution is 6.36. The molecule has 1 N–H and O–H groups in total. The molecule has 5 rings (SSSR count). The Labute approximate surface area is 226 Å². The number of methoxy groups -OCH3 is 3. The molecule has 0 aliphatic heterocycles. The summed E-state index contributed by atoms with van der Waals surface area (Å²) in [6, 6.07) is 17.8. The number of pyridine rings is 2. The molecule has 5 aromatic rings. The van der Waals surface area contributed by atoms with E-state index in [1.807, 2.05) is 74.8 Å². The van der Waals surface area contributed by atoms with Crippen molar-refractivity contribution in [2.24, 2.45) is 0 Å². The van der Waals surface area contributed by atoms with E-state index >= 15 is 0 Å². The van der Waals surface area contributed by atoms with Gasteiger partial charge in [0.05, 0.1) is 49.3 Å². The molecule has 8 nitrogen and oxygen atoms in total. The monoisotopic (exact) mass is 529 g/mol. The van der Waals surface area contributed by atoms with Crippen LogP contribution in [0.5, 0.6) is 17.5 Å². The average Bonchev–Trinajstić information content (AvgIpc) is 3.38. The lowest BCUT2D eigenvalue weighted by molar-refractivity contribution is 0.376. The Morgan fingerprint density at radius 3 is 2.34 bits per heavy atom. The minimum atomic E-state index is 0.485. The number of ether oxygens (including phenoxy) is 3. The number of hydrogen-bond acceptors (Lipinski definition) is 7. The average molecular weight is 530 g/mol. The van der Waals surface area contributed by atoms with E-state index in [-0.39, 0.29) is 0 Å². The largest absolute Gasteiger partial charge is 0.496 e. The summed E-state index contributed by atoms with van der Waals surface area (Å²) in [5.41, 5.74) is 6.05. The molecule has 3 heterocycles. The molecule has 0 bridgehead atoms. The van der Waals surface area contributed by atoms with Crippen molar-refractivity contribution in [3.8, 4) is 45.7 Å². The maximum Gasteiger partial charge on any atom is 0.221 e. The van der Waals surface area contributed by atoms with E-state index in [4.69, 9.17) is 30.8 Å². The Balaban J connectivity index is 1.63. The van der Waals surface area contributed by atoms with Gasteiger partial charge >= 0.3 is 0 Å². The fourth-order valence-corrected chi connectivity index (χ4v) is 4.92. The van der Waals surface area contributed by atoms with Crippen molar-refractivity contribution in [1.82, 2.24) is 25.1 Å². The number of rotatable bonds is 8. The molecule has 0 aliphatic rings. The van der Waals surface area contributed by atoms with Gasteiger partial charge < -0.3 is 19.5 Å². The van der Waals surface area contributed by atoms with E-state index in [0.29, 0.717) is 34.9 Å². The van der Waals surface area contributed by atoms with E-state index in [1.54, 1.807) is 26.0 Å². The molecule has 0 atom stereocenters. The summed E-state index contributed by atoms with van der Waals surface area (Å²) in [7, 11) is 6.72. The van der Waals surface area contributed by atoms with Crippen molar-refractivity contribution in [1.29, 1.82) is 0 Å². The van der Waals surface area contributed by atoms with Gasteiger partial charge in [0, 0.05) is 34.7 Å². The molecule has 0 radical (unpaired) electrons. The third kappa shape index (κ3) is 4.42. The van der Waals surface area contributed by atoms with E-state index < -0.39 is 0 Å². The molecular weight excluding hydrogens is 502 g/mol. The van der Waals surface area contributed by atoms with Crippen LogP contribution < -0.4 is 19.5 Å². The first-order chi connectivity index (χ1) is 18.5. The Hall–Kier alpha value is -4.14. The predicted octanol–water partition coefficient (Wildman–Crippen LogP) is 5.86. The van der Waals surface area contributed by atoms with Gasteiger partial charge in [-0.2, -0.15) is 10.1 Å². The number of halogens is 1. The minimum absolute atomic E-state index is 0.485. The first-order valence-corrected chi connectivity index (χ1v) is 12.4. The molecule has 3 aromatic heterocycles. The fraction of sp³-hybridized carbons (Fsp3) is 0.207. The molecule has 0 aliphatic carbocycles. The van der Waals surface area contributed by atoms with Crippen LogP contribution in [0.3, 0.4) is 0 Å². The number of benzene rings is 2. The first-order valence-electron chi connectivity index (χ1n) is 12.0. The maximum atomic E-state index is 7.03. The highest BCUT2D eigenvalue weighted by Crippen LogP contribution is 2.40. The smallest absolute Gasteiger partial charge is 0.221 e. The van der Waals surface area contributed by atoms with Gasteiger partial charge in [-0.25, -0.2) is 9.67 Å². The van der Waals surface area contributed by atoms with Crippen LogP contribution in [0.15, 0.2) is 60.8 Å². The second-order valence-electron chi connectivity index (χ2n) is 8.67. The third-order valence-electron chi connectivity index (χ3n) is 6.48. The van der Waals surface area contributed by atoms with Crippen LogP contribution in [0.2, 0.25) is 5.02 Å². The summed E-state index contributed by atoms with van der Waals surface area (Å²) in [4.78, 5) is 9.38. The number of fused-ring (bicyclic) bond motifs is 1. The van der Waals surface area contributed by atoms with Crippen molar-refractivity contribution >= 4 is 22.5 Å². The van der Waals surface area contributed by atoms with Gasteiger partial charge in [0.15, 0.2) is 5.82 Å². The molecule has 0 saturated heterocycles. The van der Waals surface area contributed by atoms with Gasteiger partial charge in [0.25, 0.3) is 0 Å². The Kier molecular flexibility index (Phi) is 7.18. The second kappa shape index (κ2) is 10.7. The van der Waals surface area contributed by atoms with Gasteiger partial charge in [-0.05, 0) is 31.7 Å². The van der Waals surface area contributed by atoms with E-state index in [9.17, 15) is 0 Å². The van der Waals surface area contributed by atoms with Gasteiger partial charge in [-0.1, -0.05) is 48.0 Å². The first kappa shape index (κ1) is 25.5. The molecule has 0 spiro atoms. The predicted molar refractivity (Wildman–Crippen MR) is 150 cm³/mol. The van der Waals surface area contributed by atoms with Crippen LogP contribution in [-0.4, -0.2) is 48.1 Å². The fourth-order valence-electron chi connectivity index (χ4n) is 4.60. The normalized spacial score (nSPS) is 11.1. The van der Waals surface area contributed by atoms with Crippen molar-refractivity contribution in [2.45, 2.75) is 13.5 Å². The molecule has 0 unspecified atom stereocenters. The van der Waals surface area contributed by atoms with Crippen LogP contribution in [-0.2, 0) is 6.54 Å². The molecule has 2 aromatic carbocycles. The molecular formula is C29H28ClN5O3. The van der Waals surface area contributed by atoms with Gasteiger partial charge in [-0.15, -0.1) is 0 Å². The lowest BCUT2D eigenvalue weighted by Crippen LogP contribution is -2.07. The minimum Gasteiger partial charge on any atom is -0.496 e. The molecule has 9 heteroatoms. The Bertz CT molecular complexity index is 1610. The summed E-state index contributed by atoms with van der Waals surface area (Å²) in [5.74, 6) is 2.32. The van der Waals surface area contributed by atoms with Crippen LogP contribution in [0.4, 0.5) is 0 Å². The highest BCUT2D eigenvalue weighted by Gasteiger charge is 2.18. The SMILES string of the molecule is CNCc1ccc(-c2cccc(-c3cccc4c3cnn4-c3cc(OC)c(C)c(OC)n3)c2Cl)nc1OC. The van der Waals surface area contributed by atoms with Crippen LogP contribution in [0.25, 0.3) is 39.1 Å². The quantitative estimate of drug-likeness (QED) is 0.269. The molecule has 0 amide bonds. The van der Waals surface area contributed by atoms with Gasteiger partial charge in [0.2, 0.25) is 11.8 Å². The summed E-state index contributed by atoms with van der Waals surface area (Å²) in [5, 5.41) is 9.32. The number of nitrogens with zero attached hydrogens (tertiary/aromatic N) is 4. The highest BCUT2D eigenvalue weighted by atomic mass is 35.5. The second-order valence-corrected chi connectivity index (χ2v) is 9.05. The number of aromatic nitrogens is 4. The molecule has 0 saturated carbocycles. The lowest BCUT2D eigenvalue weighted by atomic mass is 9.98. The van der Waals surface area contributed by atoms with Gasteiger partial charge in [0.1, 0.15) is 5.75 Å². The zero-order chi connectivity index (χ0) is 26.8. The zero-order valence-corrected chi connectivity index (χ0v) is 22.6. The zero-order valence-electron chi connectivity index (χ0n) is 21.9. The van der Waals surface area contributed by atoms with Crippen LogP contribution in [0.1, 0.15) is 11.1 Å². The summed E-state index contributed by atoms with van der Waals surface area (Å²) < 4.78 is 18.3. The topological polar surface area (TPSA) is 83.3 Å². The lowest BCUT2D eigenvalue weighted by Gasteiger charge is -2.14. The maximum absolute atomic E-state index is 7.03. The van der Waals surface area contributed by atoms with Crippen molar-refractivity contribution in [2.75, 3.05) is 28.4 Å². The standard InChI is InChI=1S/C29H28ClN5O3/c1-17-25(36-3)14-26(34-28(17)37-4)35-24-11-7-8-19(22(24)16-32-35)20-9-6-10-21(27(20)30)23-13-12-18(15-31-2)29(33-23)38-5/h6-14,16,31H,15H2,1-5H3. The molecule has 0 fully saturated rings. The van der Waals surface area contributed by atoms with Crippen LogP contribution in [0, 0.1) is 6.92 Å². The molecule has 38 heavy (non-hydrogen) atoms. The van der Waals surface area contributed by atoms with Gasteiger partial charge in [-0.3, -0.25) is 0 Å². The Morgan fingerprint density at radius 2 is 1.61 bits per heavy atom. The molecule has 194 valence electrons. The summed E-state index contributed by atoms with van der Waals surface area (Å²) in [6.07, 6.45) is 1.82. The number of nitrogens with one attached hydrogen (secondary N) is 1. The van der Waals surface area contributed by atoms with Crippen molar-refractivity contribution in [3.05, 3.63) is 76.9 Å². The van der Waals surface area contributed by atoms with E-state index in [1.165, 1.54) is 0 Å². The van der Waals surface area contributed by atoms with Crippen molar-refractivity contribution < 1.29 is 14.2 Å².